The molecule has 3 rings (SSSR count). The number of rotatable bonds is 4. The van der Waals surface area contributed by atoms with Crippen LogP contribution in [0.25, 0.3) is 11.1 Å². The van der Waals surface area contributed by atoms with Gasteiger partial charge in [0.25, 0.3) is 0 Å². The van der Waals surface area contributed by atoms with Gasteiger partial charge in [-0.05, 0) is 34.7 Å². The first kappa shape index (κ1) is 14.4. The van der Waals surface area contributed by atoms with E-state index in [9.17, 15) is 0 Å². The fourth-order valence-corrected chi connectivity index (χ4v) is 6.07. The third kappa shape index (κ3) is 2.91. The van der Waals surface area contributed by atoms with Crippen LogP contribution in [-0.2, 0) is 6.42 Å². The molecule has 0 saturated carbocycles. The summed E-state index contributed by atoms with van der Waals surface area (Å²) >= 11 is 0. The van der Waals surface area contributed by atoms with E-state index in [0.29, 0.717) is 0 Å². The lowest BCUT2D eigenvalue weighted by Gasteiger charge is -2.32. The lowest BCUT2D eigenvalue weighted by atomic mass is 9.93. The van der Waals surface area contributed by atoms with E-state index < -0.39 is 0 Å². The lowest BCUT2D eigenvalue weighted by molar-refractivity contribution is 0.797. The van der Waals surface area contributed by atoms with E-state index in [1.165, 1.54) is 47.4 Å². The molecule has 1 radical (unpaired) electrons. The van der Waals surface area contributed by atoms with Gasteiger partial charge >= 0.3 is 0 Å². The van der Waals surface area contributed by atoms with Crippen molar-refractivity contribution < 1.29 is 0 Å². The van der Waals surface area contributed by atoms with Crippen LogP contribution in [0.1, 0.15) is 19.4 Å². The summed E-state index contributed by atoms with van der Waals surface area (Å²) in [7, 11) is -0.226. The monoisotopic (exact) mass is 294 g/mol. The number of nitrogens with one attached hydrogen (secondary N) is 1. The van der Waals surface area contributed by atoms with Crippen LogP contribution in [-0.4, -0.2) is 15.3 Å². The molecule has 0 aliphatic carbocycles. The zero-order chi connectivity index (χ0) is 14.7. The minimum atomic E-state index is -0.226. The van der Waals surface area contributed by atoms with Gasteiger partial charge in [-0.2, -0.15) is 0 Å². The Kier molecular flexibility index (Phi) is 4.44. The predicted octanol–water partition coefficient (Wildman–Crippen LogP) is 5.23. The molecular formula is C19H24NSi. The summed E-state index contributed by atoms with van der Waals surface area (Å²) in [5.74, 6) is 0. The molecule has 0 bridgehead atoms. The molecule has 2 heteroatoms. The molecule has 1 heterocycles. The normalized spacial score (nSPS) is 17.4. The largest absolute Gasteiger partial charge is 0.385 e. The molecule has 0 saturated heterocycles. The van der Waals surface area contributed by atoms with Crippen LogP contribution in [0.15, 0.2) is 48.5 Å². The van der Waals surface area contributed by atoms with Crippen LogP contribution < -0.4 is 5.32 Å². The van der Waals surface area contributed by atoms with Crippen LogP contribution in [0, 0.1) is 0 Å². The van der Waals surface area contributed by atoms with E-state index in [1.54, 1.807) is 0 Å². The van der Waals surface area contributed by atoms with E-state index in [-0.39, 0.29) is 8.80 Å². The maximum Gasteiger partial charge on any atom is 0.0530 e. The minimum Gasteiger partial charge on any atom is -0.385 e. The number of fused-ring (bicyclic) bond motifs is 1. The highest BCUT2D eigenvalue weighted by atomic mass is 28.3. The van der Waals surface area contributed by atoms with E-state index in [2.05, 4.69) is 67.7 Å². The van der Waals surface area contributed by atoms with E-state index in [0.717, 1.165) is 5.54 Å². The van der Waals surface area contributed by atoms with Gasteiger partial charge in [-0.25, -0.2) is 0 Å². The van der Waals surface area contributed by atoms with Crippen molar-refractivity contribution in [2.75, 3.05) is 11.9 Å². The van der Waals surface area contributed by atoms with Crippen LogP contribution in [0.3, 0.4) is 0 Å². The van der Waals surface area contributed by atoms with Crippen molar-refractivity contribution in [1.82, 2.24) is 0 Å². The van der Waals surface area contributed by atoms with Crippen molar-refractivity contribution in [3.8, 4) is 11.1 Å². The Morgan fingerprint density at radius 3 is 2.48 bits per heavy atom. The zero-order valence-corrected chi connectivity index (χ0v) is 14.0. The quantitative estimate of drug-likeness (QED) is 0.762. The summed E-state index contributed by atoms with van der Waals surface area (Å²) in [6, 6.07) is 20.3. The van der Waals surface area contributed by atoms with Crippen molar-refractivity contribution in [2.45, 2.75) is 37.9 Å². The van der Waals surface area contributed by atoms with E-state index in [1.807, 2.05) is 0 Å². The van der Waals surface area contributed by atoms with Gasteiger partial charge in [-0.3, -0.25) is 0 Å². The molecule has 0 unspecified atom stereocenters. The van der Waals surface area contributed by atoms with Crippen LogP contribution in [0.4, 0.5) is 5.69 Å². The molecule has 1 aliphatic rings. The lowest BCUT2D eigenvalue weighted by Crippen LogP contribution is -2.30. The second kappa shape index (κ2) is 6.48. The van der Waals surface area contributed by atoms with Gasteiger partial charge in [0.2, 0.25) is 0 Å². The molecule has 2 aromatic rings. The first-order chi connectivity index (χ1) is 10.3. The molecule has 0 amide bonds. The Morgan fingerprint density at radius 1 is 1.00 bits per heavy atom. The number of benzene rings is 2. The SMILES string of the molecule is CC[Si](CC)[C@H]1CNc2cccc(-c3ccccc3)c2C1. The summed E-state index contributed by atoms with van der Waals surface area (Å²) in [5.41, 5.74) is 6.50. The summed E-state index contributed by atoms with van der Waals surface area (Å²) in [4.78, 5) is 0. The molecule has 1 atom stereocenters. The Balaban J connectivity index is 1.96. The van der Waals surface area contributed by atoms with Crippen molar-refractivity contribution in [3.05, 3.63) is 54.1 Å². The highest BCUT2D eigenvalue weighted by Crippen LogP contribution is 2.37. The van der Waals surface area contributed by atoms with E-state index in [4.69, 9.17) is 0 Å². The fourth-order valence-electron chi connectivity index (χ4n) is 3.53. The molecule has 1 aliphatic heterocycles. The van der Waals surface area contributed by atoms with Crippen LogP contribution in [0.2, 0.25) is 17.6 Å². The number of hydrogen-bond acceptors (Lipinski definition) is 1. The smallest absolute Gasteiger partial charge is 0.0530 e. The minimum absolute atomic E-state index is 0.226. The summed E-state index contributed by atoms with van der Waals surface area (Å²) in [6.45, 7) is 5.91. The van der Waals surface area contributed by atoms with Gasteiger partial charge < -0.3 is 5.32 Å². The Labute approximate surface area is 130 Å². The van der Waals surface area contributed by atoms with Crippen molar-refractivity contribution in [1.29, 1.82) is 0 Å². The standard InChI is InChI=1S/C19H24NSi/c1-3-21(4-2)16-13-18-17(15-9-6-5-7-10-15)11-8-12-19(18)20-14-16/h5-12,16,20H,3-4,13-14H2,1-2H3/t16-/m1/s1. The van der Waals surface area contributed by atoms with Gasteiger partial charge in [-0.15, -0.1) is 0 Å². The Hall–Kier alpha value is -1.54. The second-order valence-electron chi connectivity index (χ2n) is 5.85. The summed E-state index contributed by atoms with van der Waals surface area (Å²) in [6.07, 6.45) is 1.25. The Morgan fingerprint density at radius 2 is 1.76 bits per heavy atom. The first-order valence-corrected chi connectivity index (χ1v) is 10.1. The maximum atomic E-state index is 3.70. The highest BCUT2D eigenvalue weighted by Gasteiger charge is 2.26. The molecule has 1 N–H and O–H groups in total. The third-order valence-electron chi connectivity index (χ3n) is 4.74. The van der Waals surface area contributed by atoms with Crippen molar-refractivity contribution in [2.24, 2.45) is 0 Å². The van der Waals surface area contributed by atoms with Gasteiger partial charge in [-0.1, -0.05) is 68.4 Å². The topological polar surface area (TPSA) is 12.0 Å². The number of anilines is 1. The molecule has 0 spiro atoms. The van der Waals surface area contributed by atoms with Crippen LogP contribution >= 0.6 is 0 Å². The second-order valence-corrected chi connectivity index (χ2v) is 9.39. The van der Waals surface area contributed by atoms with Crippen LogP contribution in [0.5, 0.6) is 0 Å². The van der Waals surface area contributed by atoms with Crippen molar-refractivity contribution in [3.63, 3.8) is 0 Å². The average Bonchev–Trinajstić information content (AvgIpc) is 2.56. The molecule has 109 valence electrons. The van der Waals surface area contributed by atoms with Crippen molar-refractivity contribution >= 4 is 14.5 Å². The van der Waals surface area contributed by atoms with Gasteiger partial charge in [0, 0.05) is 12.2 Å². The van der Waals surface area contributed by atoms with Gasteiger partial charge in [0.15, 0.2) is 0 Å². The predicted molar refractivity (Wildman–Crippen MR) is 94.5 cm³/mol. The summed E-state index contributed by atoms with van der Waals surface area (Å²) < 4.78 is 0. The Bertz CT molecular complexity index is 590. The molecule has 1 nitrogen and oxygen atoms in total. The highest BCUT2D eigenvalue weighted by molar-refractivity contribution is 6.60. The fraction of sp³-hybridized carbons (Fsp3) is 0.368. The maximum absolute atomic E-state index is 3.70. The molecule has 2 aromatic carbocycles. The molecular weight excluding hydrogens is 270 g/mol. The number of hydrogen-bond donors (Lipinski definition) is 1. The average molecular weight is 294 g/mol. The first-order valence-electron chi connectivity index (χ1n) is 8.09. The summed E-state index contributed by atoms with van der Waals surface area (Å²) in [5, 5.41) is 3.70. The third-order valence-corrected chi connectivity index (χ3v) is 8.12. The van der Waals surface area contributed by atoms with Gasteiger partial charge in [0.05, 0.1) is 8.80 Å². The zero-order valence-electron chi connectivity index (χ0n) is 13.0. The molecule has 21 heavy (non-hydrogen) atoms. The molecule has 0 fully saturated rings. The molecule has 0 aromatic heterocycles. The van der Waals surface area contributed by atoms with E-state index >= 15 is 0 Å². The van der Waals surface area contributed by atoms with Gasteiger partial charge in [0.1, 0.15) is 0 Å².